The first-order valence-electron chi connectivity index (χ1n) is 18.5. The van der Waals surface area contributed by atoms with E-state index in [0.29, 0.717) is 92.2 Å². The Balaban J connectivity index is 0.000000234. The Morgan fingerprint density at radius 2 is 1.07 bits per heavy atom. The average Bonchev–Trinajstić information content (AvgIpc) is 3.20. The minimum absolute atomic E-state index is 0.280. The van der Waals surface area contributed by atoms with Crippen molar-refractivity contribution in [3.05, 3.63) is 107 Å². The van der Waals surface area contributed by atoms with Crippen LogP contribution in [0.4, 0.5) is 30.3 Å². The Hall–Kier alpha value is -5.75. The molecule has 2 aliphatic rings. The number of ketones is 1. The topological polar surface area (TPSA) is 181 Å². The molecule has 0 bridgehead atoms. The first-order valence-corrected chi connectivity index (χ1v) is 19.7. The van der Waals surface area contributed by atoms with Gasteiger partial charge in [-0.3, -0.25) is 4.79 Å². The fraction of sp³-hybridized carbons (Fsp3) is 0.400. The minimum atomic E-state index is -1.52. The van der Waals surface area contributed by atoms with Gasteiger partial charge >= 0.3 is 12.2 Å². The van der Waals surface area contributed by atoms with Crippen molar-refractivity contribution in [2.45, 2.75) is 51.9 Å². The quantitative estimate of drug-likeness (QED) is 0.138. The summed E-state index contributed by atoms with van der Waals surface area (Å²) in [4.78, 5) is 59.7. The van der Waals surface area contributed by atoms with Gasteiger partial charge in [0, 0.05) is 93.8 Å². The molecule has 1 N–H and O–H groups in total. The molecule has 2 aromatic heterocycles. The van der Waals surface area contributed by atoms with Crippen LogP contribution >= 0.6 is 0 Å². The van der Waals surface area contributed by atoms with Crippen molar-refractivity contribution in [3.8, 4) is 0 Å². The molecule has 2 saturated heterocycles. The molecular weight excluding hydrogens is 773 g/mol. The highest BCUT2D eigenvalue weighted by Crippen LogP contribution is 2.22. The summed E-state index contributed by atoms with van der Waals surface area (Å²) in [6, 6.07) is 11.1. The van der Waals surface area contributed by atoms with Crippen molar-refractivity contribution in [1.82, 2.24) is 29.7 Å². The number of halogens is 2. The fourth-order valence-electron chi connectivity index (χ4n) is 5.59. The largest absolute Gasteiger partial charge is 0.591 e. The lowest BCUT2D eigenvalue weighted by Gasteiger charge is -2.35. The van der Waals surface area contributed by atoms with E-state index in [-0.39, 0.29) is 17.7 Å². The van der Waals surface area contributed by atoms with Gasteiger partial charge < -0.3 is 34.0 Å². The molecule has 0 saturated carbocycles. The van der Waals surface area contributed by atoms with E-state index in [0.717, 1.165) is 0 Å². The molecule has 2 aromatic carbocycles. The van der Waals surface area contributed by atoms with Crippen LogP contribution in [-0.4, -0.2) is 126 Å². The Bertz CT molecular complexity index is 2050. The summed E-state index contributed by atoms with van der Waals surface area (Å²) in [5, 5.41) is 8.93. The molecule has 1 atom stereocenters. The van der Waals surface area contributed by atoms with Crippen LogP contribution in [0, 0.1) is 11.6 Å². The minimum Gasteiger partial charge on any atom is -0.591 e. The van der Waals surface area contributed by atoms with Crippen molar-refractivity contribution in [3.63, 3.8) is 0 Å². The highest BCUT2D eigenvalue weighted by atomic mass is 32.2. The van der Waals surface area contributed by atoms with E-state index < -0.39 is 33.6 Å². The smallest absolute Gasteiger partial charge is 0.410 e. The molecule has 4 heterocycles. The maximum absolute atomic E-state index is 13.5. The summed E-state index contributed by atoms with van der Waals surface area (Å²) in [5.74, 6) is -0.0632. The van der Waals surface area contributed by atoms with Gasteiger partial charge in [-0.05, 0) is 90.1 Å². The normalized spacial score (nSPS) is 15.6. The van der Waals surface area contributed by atoms with Crippen LogP contribution in [0.1, 0.15) is 68.6 Å². The number of rotatable bonds is 7. The maximum Gasteiger partial charge on any atom is 0.410 e. The number of carbonyl (C=O) groups excluding carboxylic acids is 2. The summed E-state index contributed by atoms with van der Waals surface area (Å²) in [7, 11) is 0. The summed E-state index contributed by atoms with van der Waals surface area (Å²) in [6.45, 7) is 15.0. The zero-order valence-electron chi connectivity index (χ0n) is 33.3. The molecule has 6 rings (SSSR count). The van der Waals surface area contributed by atoms with Gasteiger partial charge in [-0.15, -0.1) is 0 Å². The summed E-state index contributed by atoms with van der Waals surface area (Å²) >= 11 is -1.52. The van der Waals surface area contributed by atoms with Gasteiger partial charge in [-0.2, -0.15) is 0 Å². The van der Waals surface area contributed by atoms with Gasteiger partial charge in [-0.1, -0.05) is 4.40 Å². The van der Waals surface area contributed by atoms with Crippen molar-refractivity contribution in [2.24, 2.45) is 4.40 Å². The molecule has 2 amide bonds. The number of carbonyl (C=O) groups is 3. The molecule has 2 fully saturated rings. The zero-order chi connectivity index (χ0) is 42.2. The third-order valence-electron chi connectivity index (χ3n) is 8.78. The van der Waals surface area contributed by atoms with Gasteiger partial charge in [0.05, 0.1) is 5.56 Å². The van der Waals surface area contributed by atoms with E-state index in [4.69, 9.17) is 9.84 Å². The lowest BCUT2D eigenvalue weighted by Crippen LogP contribution is -2.50. The van der Waals surface area contributed by atoms with E-state index >= 15 is 0 Å². The molecule has 1 unspecified atom stereocenters. The summed E-state index contributed by atoms with van der Waals surface area (Å²) in [6.07, 6.45) is 4.86. The van der Waals surface area contributed by atoms with Crippen LogP contribution in [0.5, 0.6) is 0 Å². The molecular formula is C40H47F2N9O6S. The van der Waals surface area contributed by atoms with Crippen LogP contribution in [-0.2, 0) is 16.1 Å². The highest BCUT2D eigenvalue weighted by molar-refractivity contribution is 7.91. The number of anilines is 2. The van der Waals surface area contributed by atoms with Gasteiger partial charge in [0.15, 0.2) is 5.78 Å². The molecule has 15 nitrogen and oxygen atoms in total. The average molecular weight is 820 g/mol. The van der Waals surface area contributed by atoms with Crippen molar-refractivity contribution in [1.29, 1.82) is 0 Å². The Kier molecular flexibility index (Phi) is 14.0. The standard InChI is InChI=1S/C24H32FN5O3S.C16H15FN4O3/c1-23(2,3)33-22(31)30-13-11-29(12-14-30)21-26-15-18(16-27-21)20(28-34(32)24(4,5)6)17-7-9-19(25)10-8-17;17-13-3-1-11(2-4-13)14(22)12-9-18-15(19-10-12)20-5-7-21(8-6-20)16(23)24/h7-10,15-16H,11-14H2,1-6H3;1-4,9-10H,5-8H2,(H,23,24). The molecule has 0 spiro atoms. The Labute approximate surface area is 339 Å². The van der Waals surface area contributed by atoms with E-state index in [2.05, 4.69) is 24.3 Å². The molecule has 308 valence electrons. The monoisotopic (exact) mass is 819 g/mol. The van der Waals surface area contributed by atoms with E-state index in [1.165, 1.54) is 53.7 Å². The van der Waals surface area contributed by atoms with Crippen molar-refractivity contribution < 1.29 is 37.6 Å². The number of hydrogen-bond donors (Lipinski definition) is 1. The molecule has 18 heteroatoms. The van der Waals surface area contributed by atoms with Gasteiger partial charge in [0.1, 0.15) is 39.1 Å². The lowest BCUT2D eigenvalue weighted by molar-refractivity contribution is 0.0240. The number of hydrogen-bond acceptors (Lipinski definition) is 12. The first kappa shape index (κ1) is 43.4. The van der Waals surface area contributed by atoms with E-state index in [9.17, 15) is 27.7 Å². The van der Waals surface area contributed by atoms with Gasteiger partial charge in [-0.25, -0.2) is 38.3 Å². The third-order valence-corrected chi connectivity index (χ3v) is 10.2. The van der Waals surface area contributed by atoms with Crippen molar-refractivity contribution >= 4 is 46.9 Å². The van der Waals surface area contributed by atoms with Gasteiger partial charge in [0.25, 0.3) is 0 Å². The second-order valence-electron chi connectivity index (χ2n) is 15.4. The predicted octanol–water partition coefficient (Wildman–Crippen LogP) is 5.62. The number of carboxylic acid groups (broad SMARTS) is 1. The molecule has 4 aromatic rings. The maximum atomic E-state index is 13.5. The highest BCUT2D eigenvalue weighted by Gasteiger charge is 2.30. The van der Waals surface area contributed by atoms with Crippen LogP contribution < -0.4 is 9.80 Å². The summed E-state index contributed by atoms with van der Waals surface area (Å²) < 4.78 is 48.4. The fourth-order valence-corrected chi connectivity index (χ4v) is 6.24. The lowest BCUT2D eigenvalue weighted by atomic mass is 10.1. The Morgan fingerprint density at radius 3 is 1.48 bits per heavy atom. The second-order valence-corrected chi connectivity index (χ2v) is 17.3. The molecule has 2 aliphatic heterocycles. The van der Waals surface area contributed by atoms with E-state index in [1.807, 2.05) is 51.3 Å². The van der Waals surface area contributed by atoms with Crippen LogP contribution in [0.3, 0.4) is 0 Å². The van der Waals surface area contributed by atoms with Gasteiger partial charge in [0.2, 0.25) is 11.9 Å². The molecule has 0 aliphatic carbocycles. The van der Waals surface area contributed by atoms with Crippen LogP contribution in [0.15, 0.2) is 77.7 Å². The zero-order valence-corrected chi connectivity index (χ0v) is 34.1. The van der Waals surface area contributed by atoms with Crippen LogP contribution in [0.25, 0.3) is 0 Å². The van der Waals surface area contributed by atoms with E-state index in [1.54, 1.807) is 29.4 Å². The SMILES string of the molecule is CC(C)(C)OC(=O)N1CCN(c2ncc(C(=N[S+]([O-])C(C)(C)C)c3ccc(F)cc3)cn2)CC1.O=C(c1ccc(F)cc1)c1cnc(N2CCN(C(=O)O)CC2)nc1. The van der Waals surface area contributed by atoms with Crippen molar-refractivity contribution in [2.75, 3.05) is 62.2 Å². The second kappa shape index (κ2) is 18.7. The number of benzene rings is 2. The first-order chi connectivity index (χ1) is 27.4. The Morgan fingerprint density at radius 1 is 0.655 bits per heavy atom. The number of piperazine rings is 2. The summed E-state index contributed by atoms with van der Waals surface area (Å²) in [5.41, 5.74) is 1.79. The molecule has 58 heavy (non-hydrogen) atoms. The number of amides is 2. The third kappa shape index (κ3) is 11.9. The number of ether oxygens (including phenoxy) is 1. The number of nitrogens with zero attached hydrogens (tertiary/aromatic N) is 9. The molecule has 0 radical (unpaired) electrons. The predicted molar refractivity (Wildman–Crippen MR) is 216 cm³/mol. The number of aromatic nitrogens is 4. The van der Waals surface area contributed by atoms with Crippen LogP contribution in [0.2, 0.25) is 0 Å².